The van der Waals surface area contributed by atoms with Gasteiger partial charge in [-0.25, -0.2) is 18.0 Å². The van der Waals surface area contributed by atoms with Crippen LogP contribution >= 0.6 is 22.6 Å². The summed E-state index contributed by atoms with van der Waals surface area (Å²) in [4.78, 5) is 25.2. The van der Waals surface area contributed by atoms with E-state index in [2.05, 4.69) is 15.4 Å². The van der Waals surface area contributed by atoms with Gasteiger partial charge in [0.1, 0.15) is 5.82 Å². The zero-order chi connectivity index (χ0) is 20.4. The van der Waals surface area contributed by atoms with Crippen LogP contribution < -0.4 is 10.6 Å². The second kappa shape index (κ2) is 8.25. The number of carbonyl (C=O) groups excluding carboxylic acids is 2. The SMILES string of the molecule is COC(=O)NC1CN(C(=O)c2ccc(F)c(F)c2Nc2ccc(I)cc2F)C1. The van der Waals surface area contributed by atoms with E-state index in [1.54, 1.807) is 6.07 Å². The lowest BCUT2D eigenvalue weighted by atomic mass is 10.0. The van der Waals surface area contributed by atoms with Gasteiger partial charge in [0.15, 0.2) is 11.6 Å². The molecule has 0 spiro atoms. The van der Waals surface area contributed by atoms with Crippen molar-refractivity contribution in [1.29, 1.82) is 0 Å². The number of anilines is 2. The molecule has 3 rings (SSSR count). The number of halogens is 4. The van der Waals surface area contributed by atoms with E-state index < -0.39 is 35.1 Å². The molecule has 1 saturated heterocycles. The first-order chi connectivity index (χ1) is 13.3. The van der Waals surface area contributed by atoms with Gasteiger partial charge in [0.25, 0.3) is 5.91 Å². The standard InChI is InChI=1S/C18H15F3IN3O3/c1-28-18(27)23-10-7-25(8-10)17(26)11-3-4-12(19)15(21)16(11)24-14-5-2-9(22)6-13(14)20/h2-6,10,24H,7-8H2,1H3,(H,23,27). The van der Waals surface area contributed by atoms with E-state index in [1.807, 2.05) is 22.6 Å². The lowest BCUT2D eigenvalue weighted by Crippen LogP contribution is -2.61. The summed E-state index contributed by atoms with van der Waals surface area (Å²) in [7, 11) is 1.22. The number of likely N-dealkylation sites (tertiary alicyclic amines) is 1. The Bertz CT molecular complexity index is 936. The minimum Gasteiger partial charge on any atom is -0.453 e. The predicted octanol–water partition coefficient (Wildman–Crippen LogP) is 3.63. The molecule has 148 valence electrons. The van der Waals surface area contributed by atoms with E-state index in [9.17, 15) is 22.8 Å². The summed E-state index contributed by atoms with van der Waals surface area (Å²) in [5.41, 5.74) is -0.685. The Balaban J connectivity index is 1.83. The van der Waals surface area contributed by atoms with Crippen LogP contribution in [0.3, 0.4) is 0 Å². The van der Waals surface area contributed by atoms with Crippen molar-refractivity contribution in [2.24, 2.45) is 0 Å². The van der Waals surface area contributed by atoms with Crippen LogP contribution in [0.25, 0.3) is 0 Å². The van der Waals surface area contributed by atoms with Gasteiger partial charge >= 0.3 is 6.09 Å². The van der Waals surface area contributed by atoms with E-state index in [0.29, 0.717) is 3.57 Å². The predicted molar refractivity (Wildman–Crippen MR) is 104 cm³/mol. The maximum Gasteiger partial charge on any atom is 0.407 e. The molecule has 6 nitrogen and oxygen atoms in total. The first kappa shape index (κ1) is 20.2. The van der Waals surface area contributed by atoms with Gasteiger partial charge in [-0.15, -0.1) is 0 Å². The third-order valence-corrected chi connectivity index (χ3v) is 4.86. The molecule has 1 aliphatic rings. The number of hydrogen-bond donors (Lipinski definition) is 2. The van der Waals surface area contributed by atoms with Crippen LogP contribution in [0.4, 0.5) is 29.3 Å². The van der Waals surface area contributed by atoms with Crippen molar-refractivity contribution in [2.45, 2.75) is 6.04 Å². The van der Waals surface area contributed by atoms with Crippen LogP contribution in [0.2, 0.25) is 0 Å². The van der Waals surface area contributed by atoms with Crippen LogP contribution in [0.5, 0.6) is 0 Å². The van der Waals surface area contributed by atoms with Crippen molar-refractivity contribution in [3.05, 3.63) is 56.9 Å². The molecule has 1 fully saturated rings. The molecule has 1 aliphatic heterocycles. The zero-order valence-electron chi connectivity index (χ0n) is 14.6. The second-order valence-corrected chi connectivity index (χ2v) is 7.32. The van der Waals surface area contributed by atoms with Gasteiger partial charge in [-0.1, -0.05) is 0 Å². The Morgan fingerprint density at radius 3 is 2.50 bits per heavy atom. The molecule has 10 heteroatoms. The minimum atomic E-state index is -1.28. The van der Waals surface area contributed by atoms with Crippen LogP contribution in [0.1, 0.15) is 10.4 Å². The lowest BCUT2D eigenvalue weighted by Gasteiger charge is -2.39. The Labute approximate surface area is 172 Å². The number of methoxy groups -OCH3 is 1. The highest BCUT2D eigenvalue weighted by Crippen LogP contribution is 2.30. The van der Waals surface area contributed by atoms with Crippen LogP contribution in [0.15, 0.2) is 30.3 Å². The fourth-order valence-corrected chi connectivity index (χ4v) is 3.16. The highest BCUT2D eigenvalue weighted by Gasteiger charge is 2.34. The van der Waals surface area contributed by atoms with E-state index in [-0.39, 0.29) is 30.4 Å². The molecule has 0 aliphatic carbocycles. The average molecular weight is 505 g/mol. The topological polar surface area (TPSA) is 70.7 Å². The van der Waals surface area contributed by atoms with Crippen LogP contribution in [0, 0.1) is 21.0 Å². The van der Waals surface area contributed by atoms with Gasteiger partial charge < -0.3 is 20.3 Å². The number of amides is 2. The third kappa shape index (κ3) is 4.16. The van der Waals surface area contributed by atoms with Crippen molar-refractivity contribution in [2.75, 3.05) is 25.5 Å². The van der Waals surface area contributed by atoms with Crippen molar-refractivity contribution in [3.8, 4) is 0 Å². The molecule has 28 heavy (non-hydrogen) atoms. The summed E-state index contributed by atoms with van der Waals surface area (Å²) >= 11 is 1.91. The number of hydrogen-bond acceptors (Lipinski definition) is 4. The Hall–Kier alpha value is -2.50. The normalized spacial score (nSPS) is 13.7. The van der Waals surface area contributed by atoms with Gasteiger partial charge in [0.2, 0.25) is 0 Å². The monoisotopic (exact) mass is 505 g/mol. The molecule has 0 radical (unpaired) electrons. The minimum absolute atomic E-state index is 0.0900. The molecule has 1 heterocycles. The summed E-state index contributed by atoms with van der Waals surface area (Å²) in [5.74, 6) is -3.69. The summed E-state index contributed by atoms with van der Waals surface area (Å²) in [5, 5.41) is 5.02. The number of alkyl carbamates (subject to hydrolysis) is 1. The smallest absolute Gasteiger partial charge is 0.407 e. The second-order valence-electron chi connectivity index (χ2n) is 6.08. The average Bonchev–Trinajstić information content (AvgIpc) is 2.63. The van der Waals surface area contributed by atoms with Crippen molar-refractivity contribution >= 4 is 46.0 Å². The number of rotatable bonds is 4. The summed E-state index contributed by atoms with van der Waals surface area (Å²) < 4.78 is 47.3. The van der Waals surface area contributed by atoms with E-state index in [1.165, 1.54) is 24.1 Å². The van der Waals surface area contributed by atoms with Gasteiger partial charge in [0.05, 0.1) is 30.1 Å². The molecule has 0 aromatic heterocycles. The van der Waals surface area contributed by atoms with Crippen molar-refractivity contribution in [3.63, 3.8) is 0 Å². The summed E-state index contributed by atoms with van der Waals surface area (Å²) in [6.07, 6.45) is -0.624. The van der Waals surface area contributed by atoms with E-state index >= 15 is 0 Å². The van der Waals surface area contributed by atoms with Gasteiger partial charge in [-0.3, -0.25) is 4.79 Å². The molecule has 0 atom stereocenters. The highest BCUT2D eigenvalue weighted by atomic mass is 127. The molecular formula is C18H15F3IN3O3. The molecule has 2 aromatic carbocycles. The summed E-state index contributed by atoms with van der Waals surface area (Å²) in [6.45, 7) is 0.370. The van der Waals surface area contributed by atoms with Crippen LogP contribution in [-0.4, -0.2) is 43.1 Å². The fraction of sp³-hybridized carbons (Fsp3) is 0.222. The lowest BCUT2D eigenvalue weighted by molar-refractivity contribution is 0.0559. The van der Waals surface area contributed by atoms with Crippen LogP contribution in [-0.2, 0) is 4.74 Å². The molecule has 0 saturated carbocycles. The third-order valence-electron chi connectivity index (χ3n) is 4.19. The Morgan fingerprint density at radius 2 is 1.86 bits per heavy atom. The first-order valence-electron chi connectivity index (χ1n) is 8.14. The quantitative estimate of drug-likeness (QED) is 0.623. The zero-order valence-corrected chi connectivity index (χ0v) is 16.7. The fourth-order valence-electron chi connectivity index (χ4n) is 2.71. The molecular weight excluding hydrogens is 490 g/mol. The van der Waals surface area contributed by atoms with Gasteiger partial charge in [-0.05, 0) is 52.9 Å². The molecule has 0 bridgehead atoms. The number of carbonyl (C=O) groups is 2. The van der Waals surface area contributed by atoms with Gasteiger partial charge in [-0.2, -0.15) is 0 Å². The van der Waals surface area contributed by atoms with Gasteiger partial charge in [0, 0.05) is 16.7 Å². The van der Waals surface area contributed by atoms with E-state index in [4.69, 9.17) is 0 Å². The number of benzene rings is 2. The molecule has 2 amide bonds. The molecule has 2 aromatic rings. The number of ether oxygens (including phenoxy) is 1. The number of nitrogens with zero attached hydrogens (tertiary/aromatic N) is 1. The maximum atomic E-state index is 14.4. The van der Waals surface area contributed by atoms with Crippen molar-refractivity contribution < 1.29 is 27.5 Å². The van der Waals surface area contributed by atoms with E-state index in [0.717, 1.165) is 12.1 Å². The molecule has 2 N–H and O–H groups in total. The largest absolute Gasteiger partial charge is 0.453 e. The molecule has 0 unspecified atom stereocenters. The first-order valence-corrected chi connectivity index (χ1v) is 9.22. The maximum absolute atomic E-state index is 14.4. The Morgan fingerprint density at radius 1 is 1.14 bits per heavy atom. The number of nitrogens with one attached hydrogen (secondary N) is 2. The van der Waals surface area contributed by atoms with Crippen molar-refractivity contribution in [1.82, 2.24) is 10.2 Å². The summed E-state index contributed by atoms with van der Waals surface area (Å²) in [6, 6.07) is 5.85. The highest BCUT2D eigenvalue weighted by molar-refractivity contribution is 14.1. The Kier molecular flexibility index (Phi) is 5.96.